The minimum absolute atomic E-state index is 0.414. The van der Waals surface area contributed by atoms with Crippen LogP contribution in [-0.2, 0) is 0 Å². The second-order valence-electron chi connectivity index (χ2n) is 2.59. The van der Waals surface area contributed by atoms with Crippen LogP contribution in [0.5, 0.6) is 0 Å². The van der Waals surface area contributed by atoms with E-state index in [1.807, 2.05) is 36.4 Å². The van der Waals surface area contributed by atoms with E-state index < -0.39 is 0 Å². The molecule has 0 spiro atoms. The Bertz CT molecular complexity index is 331. The highest BCUT2D eigenvalue weighted by Gasteiger charge is 1.99. The van der Waals surface area contributed by atoms with Crippen molar-refractivity contribution in [3.8, 4) is 0 Å². The summed E-state index contributed by atoms with van der Waals surface area (Å²) in [5.41, 5.74) is 12.8. The molecule has 0 radical (unpaired) electrons. The maximum absolute atomic E-state index is 5.55. The standard InChI is InChI=1S/C10H12N2S/c11-7-3-5-8-4-1-2-6-9(8)10(12)13/h1-6H,7,11H2,(H2,12,13). The van der Waals surface area contributed by atoms with Crippen molar-refractivity contribution in [2.75, 3.05) is 6.54 Å². The van der Waals surface area contributed by atoms with E-state index in [2.05, 4.69) is 0 Å². The molecule has 68 valence electrons. The van der Waals surface area contributed by atoms with Crippen molar-refractivity contribution >= 4 is 23.3 Å². The summed E-state index contributed by atoms with van der Waals surface area (Å²) in [5, 5.41) is 0. The molecule has 4 N–H and O–H groups in total. The molecule has 0 aliphatic heterocycles. The molecule has 1 aromatic carbocycles. The third-order valence-electron chi connectivity index (χ3n) is 1.66. The summed E-state index contributed by atoms with van der Waals surface area (Å²) in [5.74, 6) is 0. The quantitative estimate of drug-likeness (QED) is 0.710. The first-order chi connectivity index (χ1) is 6.25. The van der Waals surface area contributed by atoms with Crippen LogP contribution < -0.4 is 11.5 Å². The molecule has 0 atom stereocenters. The number of hydrogen-bond donors (Lipinski definition) is 2. The fourth-order valence-corrected chi connectivity index (χ4v) is 1.25. The third kappa shape index (κ3) is 2.65. The molecule has 1 rings (SSSR count). The zero-order valence-corrected chi connectivity index (χ0v) is 8.05. The zero-order valence-electron chi connectivity index (χ0n) is 7.23. The fourth-order valence-electron chi connectivity index (χ4n) is 1.06. The van der Waals surface area contributed by atoms with Crippen LogP contribution in [0.4, 0.5) is 0 Å². The maximum Gasteiger partial charge on any atom is 0.104 e. The molecule has 0 aromatic heterocycles. The van der Waals surface area contributed by atoms with Gasteiger partial charge in [-0.15, -0.1) is 0 Å². The highest BCUT2D eigenvalue weighted by atomic mass is 32.1. The van der Waals surface area contributed by atoms with Gasteiger partial charge in [0, 0.05) is 12.1 Å². The number of nitrogens with two attached hydrogens (primary N) is 2. The summed E-state index contributed by atoms with van der Waals surface area (Å²) < 4.78 is 0. The smallest absolute Gasteiger partial charge is 0.104 e. The Labute approximate surface area is 83.2 Å². The summed E-state index contributed by atoms with van der Waals surface area (Å²) in [4.78, 5) is 0.414. The Hall–Kier alpha value is -1.19. The van der Waals surface area contributed by atoms with E-state index >= 15 is 0 Å². The van der Waals surface area contributed by atoms with Crippen LogP contribution in [0.2, 0.25) is 0 Å². The normalized spacial score (nSPS) is 10.5. The molecule has 2 nitrogen and oxygen atoms in total. The first kappa shape index (κ1) is 9.89. The van der Waals surface area contributed by atoms with Crippen LogP contribution >= 0.6 is 12.2 Å². The molecule has 0 aliphatic carbocycles. The first-order valence-electron chi connectivity index (χ1n) is 4.01. The van der Waals surface area contributed by atoms with Gasteiger partial charge in [-0.05, 0) is 5.56 Å². The molecule has 0 saturated carbocycles. The van der Waals surface area contributed by atoms with Gasteiger partial charge in [0.15, 0.2) is 0 Å². The molecule has 13 heavy (non-hydrogen) atoms. The minimum Gasteiger partial charge on any atom is -0.389 e. The minimum atomic E-state index is 0.414. The average molecular weight is 192 g/mol. The van der Waals surface area contributed by atoms with E-state index in [-0.39, 0.29) is 0 Å². The Morgan fingerprint density at radius 1 is 1.38 bits per heavy atom. The van der Waals surface area contributed by atoms with Crippen LogP contribution in [0.25, 0.3) is 6.08 Å². The predicted molar refractivity (Wildman–Crippen MR) is 60.4 cm³/mol. The largest absolute Gasteiger partial charge is 0.389 e. The van der Waals surface area contributed by atoms with Gasteiger partial charge in [0.25, 0.3) is 0 Å². The Morgan fingerprint density at radius 3 is 2.69 bits per heavy atom. The maximum atomic E-state index is 5.55. The second-order valence-corrected chi connectivity index (χ2v) is 3.03. The van der Waals surface area contributed by atoms with Gasteiger partial charge in [-0.25, -0.2) is 0 Å². The van der Waals surface area contributed by atoms with E-state index in [9.17, 15) is 0 Å². The van der Waals surface area contributed by atoms with Gasteiger partial charge < -0.3 is 11.5 Å². The molecular formula is C10H12N2S. The lowest BCUT2D eigenvalue weighted by Crippen LogP contribution is -2.10. The summed E-state index contributed by atoms with van der Waals surface area (Å²) >= 11 is 4.91. The number of thiocarbonyl (C=S) groups is 1. The SMILES string of the molecule is NCC=Cc1ccccc1C(N)=S. The lowest BCUT2D eigenvalue weighted by Gasteiger charge is -2.02. The molecule has 0 amide bonds. The summed E-state index contributed by atoms with van der Waals surface area (Å²) in [7, 11) is 0. The van der Waals surface area contributed by atoms with Gasteiger partial charge in [0.05, 0.1) is 0 Å². The van der Waals surface area contributed by atoms with Crippen LogP contribution in [0, 0.1) is 0 Å². The highest BCUT2D eigenvalue weighted by molar-refractivity contribution is 7.80. The Balaban J connectivity index is 3.05. The van der Waals surface area contributed by atoms with Gasteiger partial charge in [-0.1, -0.05) is 48.6 Å². The topological polar surface area (TPSA) is 52.0 Å². The molecule has 3 heteroatoms. The van der Waals surface area contributed by atoms with Crippen molar-refractivity contribution in [3.05, 3.63) is 41.5 Å². The van der Waals surface area contributed by atoms with Gasteiger partial charge in [-0.2, -0.15) is 0 Å². The van der Waals surface area contributed by atoms with Crippen molar-refractivity contribution in [3.63, 3.8) is 0 Å². The molecule has 0 unspecified atom stereocenters. The van der Waals surface area contributed by atoms with Crippen LogP contribution in [0.15, 0.2) is 30.3 Å². The van der Waals surface area contributed by atoms with E-state index in [4.69, 9.17) is 23.7 Å². The zero-order chi connectivity index (χ0) is 9.68. The van der Waals surface area contributed by atoms with E-state index in [0.29, 0.717) is 11.5 Å². The fraction of sp³-hybridized carbons (Fsp3) is 0.100. The van der Waals surface area contributed by atoms with E-state index in [0.717, 1.165) is 11.1 Å². The predicted octanol–water partition coefficient (Wildman–Crippen LogP) is 1.29. The number of hydrogen-bond acceptors (Lipinski definition) is 2. The summed E-state index contributed by atoms with van der Waals surface area (Å²) in [6.07, 6.45) is 3.80. The van der Waals surface area contributed by atoms with E-state index in [1.54, 1.807) is 0 Å². The Morgan fingerprint density at radius 2 is 2.08 bits per heavy atom. The van der Waals surface area contributed by atoms with Crippen molar-refractivity contribution in [1.29, 1.82) is 0 Å². The van der Waals surface area contributed by atoms with Crippen molar-refractivity contribution < 1.29 is 0 Å². The third-order valence-corrected chi connectivity index (χ3v) is 1.88. The average Bonchev–Trinajstić information content (AvgIpc) is 2.15. The monoisotopic (exact) mass is 192 g/mol. The number of rotatable bonds is 3. The van der Waals surface area contributed by atoms with Crippen molar-refractivity contribution in [2.24, 2.45) is 11.5 Å². The molecule has 0 fully saturated rings. The lowest BCUT2D eigenvalue weighted by atomic mass is 10.1. The van der Waals surface area contributed by atoms with Gasteiger partial charge in [-0.3, -0.25) is 0 Å². The molecule has 0 heterocycles. The molecule has 0 bridgehead atoms. The van der Waals surface area contributed by atoms with Crippen LogP contribution in [-0.4, -0.2) is 11.5 Å². The molecule has 0 aliphatic rings. The second kappa shape index (κ2) is 4.74. The number of benzene rings is 1. The van der Waals surface area contributed by atoms with Crippen molar-refractivity contribution in [2.45, 2.75) is 0 Å². The molecule has 0 saturated heterocycles. The summed E-state index contributed by atoms with van der Waals surface area (Å²) in [6.45, 7) is 0.520. The Kier molecular flexibility index (Phi) is 3.61. The summed E-state index contributed by atoms with van der Waals surface area (Å²) in [6, 6.07) is 7.71. The first-order valence-corrected chi connectivity index (χ1v) is 4.42. The molecular weight excluding hydrogens is 180 g/mol. The van der Waals surface area contributed by atoms with Crippen LogP contribution in [0.3, 0.4) is 0 Å². The van der Waals surface area contributed by atoms with Gasteiger partial charge in [0.1, 0.15) is 4.99 Å². The highest BCUT2D eigenvalue weighted by Crippen LogP contribution is 2.09. The lowest BCUT2D eigenvalue weighted by molar-refractivity contribution is 1.26. The van der Waals surface area contributed by atoms with Crippen LogP contribution in [0.1, 0.15) is 11.1 Å². The molecule has 1 aromatic rings. The van der Waals surface area contributed by atoms with Gasteiger partial charge in [0.2, 0.25) is 0 Å². The van der Waals surface area contributed by atoms with E-state index in [1.165, 1.54) is 0 Å². The van der Waals surface area contributed by atoms with Gasteiger partial charge >= 0.3 is 0 Å². The van der Waals surface area contributed by atoms with Crippen molar-refractivity contribution in [1.82, 2.24) is 0 Å².